The summed E-state index contributed by atoms with van der Waals surface area (Å²) in [5, 5.41) is 5.73. The number of ether oxygens (including phenoxy) is 1. The van der Waals surface area contributed by atoms with Crippen molar-refractivity contribution in [2.45, 2.75) is 77.4 Å². The Balaban J connectivity index is 1.13. The smallest absolute Gasteiger partial charge is 0.405 e. The molecule has 2 amide bonds. The van der Waals surface area contributed by atoms with Gasteiger partial charge in [0.05, 0.1) is 6.04 Å². The predicted octanol–water partition coefficient (Wildman–Crippen LogP) is 5.41. The summed E-state index contributed by atoms with van der Waals surface area (Å²) < 4.78 is 46.6. The largest absolute Gasteiger partial charge is 0.573 e. The highest BCUT2D eigenvalue weighted by Crippen LogP contribution is 2.34. The highest BCUT2D eigenvalue weighted by molar-refractivity contribution is 5.79. The van der Waals surface area contributed by atoms with E-state index in [1.54, 1.807) is 46.3 Å². The number of hydrogen-bond acceptors (Lipinski definition) is 8. The topological polar surface area (TPSA) is 116 Å². The van der Waals surface area contributed by atoms with Gasteiger partial charge in [-0.2, -0.15) is 0 Å². The number of nitrogens with one attached hydrogen (secondary N) is 2. The summed E-state index contributed by atoms with van der Waals surface area (Å²) in [7, 11) is 5.04. The Hall–Kier alpha value is -4.85. The second-order valence-electron chi connectivity index (χ2n) is 14.4. The van der Waals surface area contributed by atoms with E-state index < -0.39 is 12.4 Å². The SMILES string of the molecule is CNC(=O)CCC(C=O)Nc1ccc(N2CCC(C(=O)N(C)C3CCN(Cc4ccc(-c5cn(C)c(=O)c(C)c5C)cc4OC(F)(F)F)CC3)CC2)cc1. The molecule has 2 saturated heterocycles. The van der Waals surface area contributed by atoms with Crippen LogP contribution in [0.3, 0.4) is 0 Å². The summed E-state index contributed by atoms with van der Waals surface area (Å²) in [6, 6.07) is 12.2. The second kappa shape index (κ2) is 17.5. The Labute approximate surface area is 314 Å². The molecule has 292 valence electrons. The molecular formula is C40H51F3N6O5. The average molecular weight is 753 g/mol. The number of likely N-dealkylation sites (tertiary alicyclic amines) is 1. The summed E-state index contributed by atoms with van der Waals surface area (Å²) in [5.41, 5.74) is 4.53. The second-order valence-corrected chi connectivity index (χ2v) is 14.4. The average Bonchev–Trinajstić information content (AvgIpc) is 3.17. The number of piperidine rings is 2. The Bertz CT molecular complexity index is 1850. The number of rotatable bonds is 13. The first-order valence-electron chi connectivity index (χ1n) is 18.5. The fraction of sp³-hybridized carbons (Fsp3) is 0.500. The van der Waals surface area contributed by atoms with Crippen LogP contribution in [0, 0.1) is 19.8 Å². The van der Waals surface area contributed by atoms with Crippen molar-refractivity contribution >= 4 is 29.5 Å². The molecule has 2 fully saturated rings. The number of aryl methyl sites for hydroxylation is 1. The Kier molecular flexibility index (Phi) is 13.1. The standard InChI is InChI=1S/C40H51F3N6O5/c1-26-27(2)38(52)46(4)24-35(26)29-6-7-30(36(22-29)54-40(41,42)43)23-48-18-16-33(17-19-48)47(5)39(53)28-14-20-49(21-15-28)34-11-8-31(9-12-34)45-32(25-50)10-13-37(51)44-3/h6-9,11-12,22,24-25,28,32-33,45H,10,13-21,23H2,1-5H3,(H,44,51). The molecule has 54 heavy (non-hydrogen) atoms. The van der Waals surface area contributed by atoms with E-state index in [0.717, 1.165) is 43.6 Å². The van der Waals surface area contributed by atoms with Crippen molar-refractivity contribution < 1.29 is 32.3 Å². The van der Waals surface area contributed by atoms with Gasteiger partial charge in [0.1, 0.15) is 12.0 Å². The molecule has 3 heterocycles. The molecule has 1 aromatic heterocycles. The summed E-state index contributed by atoms with van der Waals surface area (Å²) in [6.07, 6.45) is 1.11. The van der Waals surface area contributed by atoms with Crippen molar-refractivity contribution in [2.75, 3.05) is 50.5 Å². The monoisotopic (exact) mass is 752 g/mol. The van der Waals surface area contributed by atoms with Crippen LogP contribution in [0.4, 0.5) is 24.5 Å². The number of amides is 2. The Morgan fingerprint density at radius 3 is 2.28 bits per heavy atom. The number of carbonyl (C=O) groups is 3. The van der Waals surface area contributed by atoms with Gasteiger partial charge in [-0.1, -0.05) is 12.1 Å². The number of anilines is 2. The van der Waals surface area contributed by atoms with Gasteiger partial charge in [-0.15, -0.1) is 13.2 Å². The molecule has 2 aliphatic rings. The van der Waals surface area contributed by atoms with Crippen LogP contribution in [0.15, 0.2) is 53.5 Å². The lowest BCUT2D eigenvalue weighted by molar-refractivity contribution is -0.275. The van der Waals surface area contributed by atoms with Crippen molar-refractivity contribution in [2.24, 2.45) is 13.0 Å². The molecular weight excluding hydrogens is 701 g/mol. The number of aldehydes is 1. The number of pyridine rings is 1. The van der Waals surface area contributed by atoms with Crippen LogP contribution in [0.5, 0.6) is 5.75 Å². The molecule has 11 nitrogen and oxygen atoms in total. The van der Waals surface area contributed by atoms with Crippen LogP contribution < -0.4 is 25.8 Å². The number of aromatic nitrogens is 1. The van der Waals surface area contributed by atoms with Crippen molar-refractivity contribution in [3.8, 4) is 16.9 Å². The normalized spacial score (nSPS) is 16.5. The number of halogens is 3. The van der Waals surface area contributed by atoms with E-state index >= 15 is 0 Å². The third kappa shape index (κ3) is 10.0. The van der Waals surface area contributed by atoms with E-state index in [-0.39, 0.29) is 48.0 Å². The lowest BCUT2D eigenvalue weighted by atomic mass is 9.93. The molecule has 0 spiro atoms. The quantitative estimate of drug-likeness (QED) is 0.223. The van der Waals surface area contributed by atoms with Crippen LogP contribution in [0.1, 0.15) is 55.2 Å². The van der Waals surface area contributed by atoms with E-state index in [4.69, 9.17) is 0 Å². The van der Waals surface area contributed by atoms with Gasteiger partial charge in [0.2, 0.25) is 11.8 Å². The van der Waals surface area contributed by atoms with E-state index in [1.165, 1.54) is 10.6 Å². The van der Waals surface area contributed by atoms with Crippen LogP contribution in [-0.2, 0) is 28.0 Å². The zero-order valence-electron chi connectivity index (χ0n) is 31.7. The first-order valence-corrected chi connectivity index (χ1v) is 18.5. The van der Waals surface area contributed by atoms with Crippen LogP contribution in [-0.4, -0.2) is 91.2 Å². The van der Waals surface area contributed by atoms with Crippen molar-refractivity contribution in [3.05, 3.63) is 75.7 Å². The molecule has 14 heteroatoms. The molecule has 0 bridgehead atoms. The minimum Gasteiger partial charge on any atom is -0.405 e. The van der Waals surface area contributed by atoms with E-state index in [9.17, 15) is 32.3 Å². The van der Waals surface area contributed by atoms with Crippen molar-refractivity contribution in [3.63, 3.8) is 0 Å². The fourth-order valence-corrected chi connectivity index (χ4v) is 7.47. The van der Waals surface area contributed by atoms with E-state index in [0.29, 0.717) is 60.2 Å². The van der Waals surface area contributed by atoms with Gasteiger partial charge < -0.3 is 34.5 Å². The minimum atomic E-state index is -4.87. The molecule has 2 aliphatic heterocycles. The Morgan fingerprint density at radius 2 is 1.67 bits per heavy atom. The van der Waals surface area contributed by atoms with E-state index in [1.807, 2.05) is 36.2 Å². The van der Waals surface area contributed by atoms with Gasteiger partial charge in [0.25, 0.3) is 5.56 Å². The molecule has 2 N–H and O–H groups in total. The van der Waals surface area contributed by atoms with Crippen molar-refractivity contribution in [1.29, 1.82) is 0 Å². The molecule has 0 aliphatic carbocycles. The maximum absolute atomic E-state index is 13.6. The number of nitrogens with zero attached hydrogens (tertiary/aromatic N) is 4. The van der Waals surface area contributed by atoms with E-state index in [2.05, 4.69) is 25.2 Å². The summed E-state index contributed by atoms with van der Waals surface area (Å²) >= 11 is 0. The maximum Gasteiger partial charge on any atom is 0.573 e. The maximum atomic E-state index is 13.6. The Morgan fingerprint density at radius 1 is 1.00 bits per heavy atom. The summed E-state index contributed by atoms with van der Waals surface area (Å²) in [4.78, 5) is 55.2. The van der Waals surface area contributed by atoms with Gasteiger partial charge in [0.15, 0.2) is 0 Å². The molecule has 3 aromatic rings. The number of hydrogen-bond donors (Lipinski definition) is 2. The zero-order chi connectivity index (χ0) is 39.2. The number of carbonyl (C=O) groups excluding carboxylic acids is 3. The molecule has 1 atom stereocenters. The van der Waals surface area contributed by atoms with Crippen LogP contribution >= 0.6 is 0 Å². The molecule has 0 radical (unpaired) electrons. The molecule has 2 aromatic carbocycles. The first-order chi connectivity index (χ1) is 25.7. The third-order valence-corrected chi connectivity index (χ3v) is 10.9. The minimum absolute atomic E-state index is 0.0441. The lowest BCUT2D eigenvalue weighted by Gasteiger charge is -2.40. The van der Waals surface area contributed by atoms with Crippen LogP contribution in [0.2, 0.25) is 0 Å². The van der Waals surface area contributed by atoms with Gasteiger partial charge in [0, 0.05) is 107 Å². The molecule has 0 saturated carbocycles. The molecule has 1 unspecified atom stereocenters. The van der Waals surface area contributed by atoms with Crippen molar-refractivity contribution in [1.82, 2.24) is 19.7 Å². The molecule has 5 rings (SSSR count). The van der Waals surface area contributed by atoms with Gasteiger partial charge >= 0.3 is 6.36 Å². The lowest BCUT2D eigenvalue weighted by Crippen LogP contribution is -2.48. The summed E-state index contributed by atoms with van der Waals surface area (Å²) in [5.74, 6) is -0.332. The zero-order valence-corrected chi connectivity index (χ0v) is 31.7. The highest BCUT2D eigenvalue weighted by atomic mass is 19.4. The third-order valence-electron chi connectivity index (χ3n) is 10.9. The van der Waals surface area contributed by atoms with Crippen LogP contribution in [0.25, 0.3) is 11.1 Å². The van der Waals surface area contributed by atoms with Gasteiger partial charge in [-0.25, -0.2) is 0 Å². The van der Waals surface area contributed by atoms with Gasteiger partial charge in [-0.05, 0) is 87.4 Å². The number of alkyl halides is 3. The number of benzene rings is 2. The van der Waals surface area contributed by atoms with Gasteiger partial charge in [-0.3, -0.25) is 19.3 Å². The fourth-order valence-electron chi connectivity index (χ4n) is 7.47. The predicted molar refractivity (Wildman–Crippen MR) is 202 cm³/mol. The highest BCUT2D eigenvalue weighted by Gasteiger charge is 2.34. The first kappa shape index (κ1) is 40.3. The summed E-state index contributed by atoms with van der Waals surface area (Å²) in [6.45, 7) is 6.48.